The van der Waals surface area contributed by atoms with Crippen LogP contribution in [0.15, 0.2) is 6.20 Å². The quantitative estimate of drug-likeness (QED) is 0.830. The van der Waals surface area contributed by atoms with Gasteiger partial charge in [0.1, 0.15) is 5.82 Å². The monoisotopic (exact) mass is 237 g/mol. The second-order valence-electron chi connectivity index (χ2n) is 4.79. The van der Waals surface area contributed by atoms with Crippen molar-refractivity contribution in [3.05, 3.63) is 17.7 Å². The molecule has 0 aromatic carbocycles. The average molecular weight is 237 g/mol. The lowest BCUT2D eigenvalue weighted by atomic mass is 10.0. The topological polar surface area (TPSA) is 40.7 Å². The largest absolute Gasteiger partial charge is 0.344 e. The Kier molecular flexibility index (Phi) is 3.20. The zero-order valence-electron chi connectivity index (χ0n) is 9.54. The summed E-state index contributed by atoms with van der Waals surface area (Å²) >= 11 is 2.08. The molecule has 0 aliphatic carbocycles. The van der Waals surface area contributed by atoms with Crippen LogP contribution in [-0.2, 0) is 0 Å². The van der Waals surface area contributed by atoms with Crippen LogP contribution in [0.3, 0.4) is 0 Å². The van der Waals surface area contributed by atoms with Crippen LogP contribution < -0.4 is 5.32 Å². The van der Waals surface area contributed by atoms with E-state index in [4.69, 9.17) is 0 Å². The third kappa shape index (κ3) is 2.13. The van der Waals surface area contributed by atoms with E-state index in [1.807, 2.05) is 0 Å². The van der Waals surface area contributed by atoms with Gasteiger partial charge in [0, 0.05) is 23.6 Å². The number of aromatic amines is 1. The zero-order chi connectivity index (χ0) is 10.8. The molecule has 0 spiro atoms. The van der Waals surface area contributed by atoms with E-state index in [1.54, 1.807) is 0 Å². The molecular formula is C12H19N3S. The maximum absolute atomic E-state index is 4.55. The van der Waals surface area contributed by atoms with Gasteiger partial charge in [-0.1, -0.05) is 0 Å². The fraction of sp³-hybridized carbons (Fsp3) is 0.750. The van der Waals surface area contributed by atoms with E-state index in [9.17, 15) is 0 Å². The van der Waals surface area contributed by atoms with Crippen LogP contribution >= 0.6 is 11.8 Å². The van der Waals surface area contributed by atoms with E-state index in [2.05, 4.69) is 33.2 Å². The van der Waals surface area contributed by atoms with E-state index < -0.39 is 0 Å². The smallest absolute Gasteiger partial charge is 0.123 e. The summed E-state index contributed by atoms with van der Waals surface area (Å²) in [5, 5.41) is 3.49. The minimum absolute atomic E-state index is 0.477. The third-order valence-electron chi connectivity index (χ3n) is 3.61. The molecule has 2 aliphatic heterocycles. The first kappa shape index (κ1) is 10.7. The van der Waals surface area contributed by atoms with Gasteiger partial charge in [-0.3, -0.25) is 0 Å². The molecule has 3 heterocycles. The lowest BCUT2D eigenvalue weighted by molar-refractivity contribution is 0.602. The zero-order valence-corrected chi connectivity index (χ0v) is 10.4. The van der Waals surface area contributed by atoms with E-state index in [1.165, 1.54) is 42.9 Å². The van der Waals surface area contributed by atoms with Gasteiger partial charge in [0.05, 0.1) is 6.04 Å². The van der Waals surface area contributed by atoms with Crippen molar-refractivity contribution in [3.8, 4) is 0 Å². The molecule has 0 radical (unpaired) electrons. The molecule has 16 heavy (non-hydrogen) atoms. The van der Waals surface area contributed by atoms with Crippen molar-refractivity contribution in [2.75, 3.05) is 18.1 Å². The Balaban J connectivity index is 1.71. The highest BCUT2D eigenvalue weighted by molar-refractivity contribution is 7.99. The first-order chi connectivity index (χ1) is 7.93. The SMILES string of the molecule is c1nc(C2CCCN2)[nH]c1C1CCCSC1. The molecule has 0 saturated carbocycles. The number of hydrogen-bond donors (Lipinski definition) is 2. The van der Waals surface area contributed by atoms with Crippen molar-refractivity contribution >= 4 is 11.8 Å². The molecular weight excluding hydrogens is 218 g/mol. The predicted molar refractivity (Wildman–Crippen MR) is 67.9 cm³/mol. The predicted octanol–water partition coefficient (Wildman–Crippen LogP) is 2.44. The first-order valence-corrected chi connectivity index (χ1v) is 7.45. The van der Waals surface area contributed by atoms with Crippen molar-refractivity contribution in [1.82, 2.24) is 15.3 Å². The van der Waals surface area contributed by atoms with Gasteiger partial charge in [-0.15, -0.1) is 0 Å². The van der Waals surface area contributed by atoms with Gasteiger partial charge >= 0.3 is 0 Å². The molecule has 2 aliphatic rings. The third-order valence-corrected chi connectivity index (χ3v) is 4.82. The minimum Gasteiger partial charge on any atom is -0.344 e. The molecule has 88 valence electrons. The number of nitrogens with zero attached hydrogens (tertiary/aromatic N) is 1. The number of H-pyrrole nitrogens is 1. The van der Waals surface area contributed by atoms with Gasteiger partial charge in [0.25, 0.3) is 0 Å². The summed E-state index contributed by atoms with van der Waals surface area (Å²) in [5.41, 5.74) is 1.36. The Morgan fingerprint density at radius 2 is 2.31 bits per heavy atom. The van der Waals surface area contributed by atoms with Crippen molar-refractivity contribution in [3.63, 3.8) is 0 Å². The van der Waals surface area contributed by atoms with Crippen LogP contribution in [0.2, 0.25) is 0 Å². The van der Waals surface area contributed by atoms with E-state index in [-0.39, 0.29) is 0 Å². The van der Waals surface area contributed by atoms with E-state index in [0.29, 0.717) is 12.0 Å². The molecule has 3 nitrogen and oxygen atoms in total. The van der Waals surface area contributed by atoms with Gasteiger partial charge < -0.3 is 10.3 Å². The van der Waals surface area contributed by atoms with Gasteiger partial charge in [0.2, 0.25) is 0 Å². The van der Waals surface area contributed by atoms with Crippen molar-refractivity contribution in [2.24, 2.45) is 0 Å². The summed E-state index contributed by atoms with van der Waals surface area (Å²) in [5.74, 6) is 4.46. The Labute approximate surface area is 101 Å². The highest BCUT2D eigenvalue weighted by Crippen LogP contribution is 2.31. The molecule has 2 unspecified atom stereocenters. The number of thioether (sulfide) groups is 1. The van der Waals surface area contributed by atoms with Crippen LogP contribution in [0.5, 0.6) is 0 Å². The highest BCUT2D eigenvalue weighted by Gasteiger charge is 2.22. The Morgan fingerprint density at radius 1 is 1.31 bits per heavy atom. The van der Waals surface area contributed by atoms with Gasteiger partial charge in [0.15, 0.2) is 0 Å². The molecule has 3 rings (SSSR count). The van der Waals surface area contributed by atoms with Crippen molar-refractivity contribution in [2.45, 2.75) is 37.6 Å². The molecule has 2 N–H and O–H groups in total. The second kappa shape index (κ2) is 4.80. The lowest BCUT2D eigenvalue weighted by Crippen LogP contribution is -2.14. The van der Waals surface area contributed by atoms with Gasteiger partial charge in [-0.2, -0.15) is 11.8 Å². The van der Waals surface area contributed by atoms with Crippen LogP contribution in [0.1, 0.15) is 49.2 Å². The average Bonchev–Trinajstić information content (AvgIpc) is 3.01. The Hall–Kier alpha value is -0.480. The maximum Gasteiger partial charge on any atom is 0.123 e. The number of imidazole rings is 1. The second-order valence-corrected chi connectivity index (χ2v) is 5.94. The molecule has 4 heteroatoms. The summed E-state index contributed by atoms with van der Waals surface area (Å²) < 4.78 is 0. The standard InChI is InChI=1S/C12H19N3S/c1-4-10(13-5-1)12-14-7-11(15-12)9-3-2-6-16-8-9/h7,9-10,13H,1-6,8H2,(H,14,15). The highest BCUT2D eigenvalue weighted by atomic mass is 32.2. The van der Waals surface area contributed by atoms with Crippen LogP contribution in [0.25, 0.3) is 0 Å². The minimum atomic E-state index is 0.477. The number of hydrogen-bond acceptors (Lipinski definition) is 3. The first-order valence-electron chi connectivity index (χ1n) is 6.29. The summed E-state index contributed by atoms with van der Waals surface area (Å²) in [4.78, 5) is 8.08. The summed E-state index contributed by atoms with van der Waals surface area (Å²) in [7, 11) is 0. The Morgan fingerprint density at radius 3 is 3.06 bits per heavy atom. The normalized spacial score (nSPS) is 30.8. The molecule has 2 saturated heterocycles. The summed E-state index contributed by atoms with van der Waals surface area (Å²) in [6, 6.07) is 0.477. The fourth-order valence-electron chi connectivity index (χ4n) is 2.64. The lowest BCUT2D eigenvalue weighted by Gasteiger charge is -2.19. The molecule has 0 amide bonds. The van der Waals surface area contributed by atoms with Crippen LogP contribution in [0, 0.1) is 0 Å². The van der Waals surface area contributed by atoms with Crippen molar-refractivity contribution < 1.29 is 0 Å². The van der Waals surface area contributed by atoms with Crippen LogP contribution in [-0.4, -0.2) is 28.0 Å². The van der Waals surface area contributed by atoms with Crippen LogP contribution in [0.4, 0.5) is 0 Å². The van der Waals surface area contributed by atoms with Gasteiger partial charge in [-0.25, -0.2) is 4.98 Å². The molecule has 0 bridgehead atoms. The van der Waals surface area contributed by atoms with Crippen molar-refractivity contribution in [1.29, 1.82) is 0 Å². The maximum atomic E-state index is 4.55. The summed E-state index contributed by atoms with van der Waals surface area (Å²) in [6.45, 7) is 1.14. The number of nitrogens with one attached hydrogen (secondary N) is 2. The molecule has 1 aromatic rings. The molecule has 2 atom stereocenters. The number of aromatic nitrogens is 2. The van der Waals surface area contributed by atoms with E-state index >= 15 is 0 Å². The van der Waals surface area contributed by atoms with Gasteiger partial charge in [-0.05, 0) is 38.0 Å². The summed E-state index contributed by atoms with van der Waals surface area (Å²) in [6.07, 6.45) is 7.25. The Bertz CT molecular complexity index is 338. The molecule has 2 fully saturated rings. The fourth-order valence-corrected chi connectivity index (χ4v) is 3.81. The molecule has 1 aromatic heterocycles. The van der Waals surface area contributed by atoms with E-state index in [0.717, 1.165) is 12.4 Å². The number of rotatable bonds is 2.